The average Bonchev–Trinajstić information content (AvgIpc) is 2.98. The van der Waals surface area contributed by atoms with Crippen molar-refractivity contribution < 1.29 is 9.53 Å². The highest BCUT2D eigenvalue weighted by molar-refractivity contribution is 5.94. The number of aromatic nitrogens is 1. The molecular weight excluding hydrogens is 292 g/mol. The number of pyridine rings is 1. The summed E-state index contributed by atoms with van der Waals surface area (Å²) in [6.07, 6.45) is 3.93. The van der Waals surface area contributed by atoms with Crippen LogP contribution in [0.15, 0.2) is 18.3 Å². The van der Waals surface area contributed by atoms with E-state index in [1.165, 1.54) is 6.42 Å². The Morgan fingerprint density at radius 3 is 2.96 bits per heavy atom. The van der Waals surface area contributed by atoms with Gasteiger partial charge in [-0.25, -0.2) is 4.98 Å². The molecule has 1 atom stereocenters. The summed E-state index contributed by atoms with van der Waals surface area (Å²) in [6.45, 7) is 7.53. The molecule has 1 aromatic heterocycles. The first-order chi connectivity index (χ1) is 11.1. The second kappa shape index (κ2) is 8.84. The number of amides is 1. The van der Waals surface area contributed by atoms with Gasteiger partial charge in [0.15, 0.2) is 0 Å². The fourth-order valence-electron chi connectivity index (χ4n) is 2.85. The van der Waals surface area contributed by atoms with Crippen molar-refractivity contribution in [2.24, 2.45) is 0 Å². The maximum absolute atomic E-state index is 12.2. The number of carbonyl (C=O) groups is 1. The van der Waals surface area contributed by atoms with E-state index in [0.29, 0.717) is 24.2 Å². The molecule has 1 unspecified atom stereocenters. The van der Waals surface area contributed by atoms with Crippen LogP contribution in [-0.2, 0) is 4.74 Å². The van der Waals surface area contributed by atoms with E-state index in [-0.39, 0.29) is 5.91 Å². The summed E-state index contributed by atoms with van der Waals surface area (Å²) >= 11 is 0. The van der Waals surface area contributed by atoms with Gasteiger partial charge in [0.2, 0.25) is 0 Å². The zero-order chi connectivity index (χ0) is 16.7. The molecule has 1 amide bonds. The van der Waals surface area contributed by atoms with Crippen molar-refractivity contribution in [1.29, 1.82) is 0 Å². The van der Waals surface area contributed by atoms with Crippen molar-refractivity contribution >= 4 is 11.7 Å². The summed E-state index contributed by atoms with van der Waals surface area (Å²) in [5.41, 5.74) is 0.598. The van der Waals surface area contributed by atoms with Crippen molar-refractivity contribution in [2.75, 3.05) is 38.7 Å². The Balaban J connectivity index is 1.82. The van der Waals surface area contributed by atoms with Crippen LogP contribution >= 0.6 is 0 Å². The number of hydrogen-bond donors (Lipinski definition) is 2. The van der Waals surface area contributed by atoms with E-state index in [2.05, 4.69) is 34.4 Å². The smallest absolute Gasteiger partial charge is 0.252 e. The Kier molecular flexibility index (Phi) is 6.80. The molecule has 2 N–H and O–H groups in total. The number of anilines is 1. The van der Waals surface area contributed by atoms with Crippen LogP contribution in [0.25, 0.3) is 0 Å². The maximum Gasteiger partial charge on any atom is 0.252 e. The first-order valence-electron chi connectivity index (χ1n) is 8.34. The molecule has 2 rings (SSSR count). The molecule has 0 aromatic carbocycles. The van der Waals surface area contributed by atoms with Crippen LogP contribution < -0.4 is 10.6 Å². The highest BCUT2D eigenvalue weighted by Gasteiger charge is 2.24. The van der Waals surface area contributed by atoms with Gasteiger partial charge < -0.3 is 15.4 Å². The van der Waals surface area contributed by atoms with E-state index >= 15 is 0 Å². The number of rotatable bonds is 8. The number of methoxy groups -OCH3 is 1. The van der Waals surface area contributed by atoms with Crippen molar-refractivity contribution in [3.63, 3.8) is 0 Å². The molecule has 23 heavy (non-hydrogen) atoms. The predicted molar refractivity (Wildman–Crippen MR) is 91.8 cm³/mol. The Labute approximate surface area is 138 Å². The van der Waals surface area contributed by atoms with Gasteiger partial charge in [0.25, 0.3) is 5.91 Å². The van der Waals surface area contributed by atoms with Crippen molar-refractivity contribution in [1.82, 2.24) is 15.2 Å². The van der Waals surface area contributed by atoms with Crippen LogP contribution in [0.1, 0.15) is 37.0 Å². The third kappa shape index (κ3) is 5.48. The summed E-state index contributed by atoms with van der Waals surface area (Å²) in [5.74, 6) is 0.727. The molecule has 1 saturated heterocycles. The van der Waals surface area contributed by atoms with Crippen LogP contribution in [-0.4, -0.2) is 61.2 Å². The summed E-state index contributed by atoms with van der Waals surface area (Å²) in [5, 5.41) is 6.24. The monoisotopic (exact) mass is 320 g/mol. The molecule has 0 aliphatic carbocycles. The van der Waals surface area contributed by atoms with E-state index in [9.17, 15) is 4.79 Å². The largest absolute Gasteiger partial charge is 0.383 e. The predicted octanol–water partition coefficient (Wildman–Crippen LogP) is 1.74. The fourth-order valence-corrected chi connectivity index (χ4v) is 2.85. The first kappa shape index (κ1) is 17.7. The molecule has 1 fully saturated rings. The van der Waals surface area contributed by atoms with E-state index in [0.717, 1.165) is 31.9 Å². The lowest BCUT2D eigenvalue weighted by molar-refractivity contribution is 0.0932. The van der Waals surface area contributed by atoms with Crippen molar-refractivity contribution in [3.8, 4) is 0 Å². The second-order valence-electron chi connectivity index (χ2n) is 6.27. The van der Waals surface area contributed by atoms with Gasteiger partial charge in [0.05, 0.1) is 12.2 Å². The van der Waals surface area contributed by atoms with Gasteiger partial charge in [-0.2, -0.15) is 0 Å². The zero-order valence-electron chi connectivity index (χ0n) is 14.3. The van der Waals surface area contributed by atoms with Gasteiger partial charge in [-0.1, -0.05) is 0 Å². The van der Waals surface area contributed by atoms with Crippen LogP contribution in [0.2, 0.25) is 0 Å². The molecule has 0 spiro atoms. The fraction of sp³-hybridized carbons (Fsp3) is 0.647. The third-order valence-electron chi connectivity index (χ3n) is 4.04. The number of nitrogens with zero attached hydrogens (tertiary/aromatic N) is 2. The number of hydrogen-bond acceptors (Lipinski definition) is 5. The number of carbonyl (C=O) groups excluding carboxylic acids is 1. The van der Waals surface area contributed by atoms with Crippen molar-refractivity contribution in [2.45, 2.75) is 38.8 Å². The summed E-state index contributed by atoms with van der Waals surface area (Å²) in [6, 6.07) is 4.38. The van der Waals surface area contributed by atoms with E-state index in [4.69, 9.17) is 4.74 Å². The molecule has 1 aliphatic rings. The minimum Gasteiger partial charge on any atom is -0.383 e. The molecule has 1 aromatic rings. The lowest BCUT2D eigenvalue weighted by Gasteiger charge is -2.24. The Hall–Kier alpha value is -1.66. The van der Waals surface area contributed by atoms with Crippen LogP contribution in [0.5, 0.6) is 0 Å². The van der Waals surface area contributed by atoms with E-state index < -0.39 is 0 Å². The standard InChI is InChI=1S/C17H28N4O2/c1-13(2)20-16-7-6-14(11-18-16)17(22)19-12-15-5-4-8-21(15)9-10-23-3/h6-7,11,13,15H,4-5,8-10,12H2,1-3H3,(H,18,20)(H,19,22). The minimum atomic E-state index is -0.0628. The Bertz CT molecular complexity index is 490. The van der Waals surface area contributed by atoms with Gasteiger partial charge in [-0.15, -0.1) is 0 Å². The van der Waals surface area contributed by atoms with Gasteiger partial charge in [0, 0.05) is 38.5 Å². The Morgan fingerprint density at radius 1 is 1.48 bits per heavy atom. The topological polar surface area (TPSA) is 66.5 Å². The number of nitrogens with one attached hydrogen (secondary N) is 2. The molecule has 1 aliphatic heterocycles. The van der Waals surface area contributed by atoms with Gasteiger partial charge in [0.1, 0.15) is 5.82 Å². The molecule has 0 bridgehead atoms. The SMILES string of the molecule is COCCN1CCCC1CNC(=O)c1ccc(NC(C)C)nc1. The van der Waals surface area contributed by atoms with E-state index in [1.807, 2.05) is 12.1 Å². The molecule has 128 valence electrons. The van der Waals surface area contributed by atoms with Gasteiger partial charge in [-0.05, 0) is 45.4 Å². The maximum atomic E-state index is 12.2. The summed E-state index contributed by atoms with van der Waals surface area (Å²) in [4.78, 5) is 18.9. The normalized spacial score (nSPS) is 18.3. The number of likely N-dealkylation sites (tertiary alicyclic amines) is 1. The third-order valence-corrected chi connectivity index (χ3v) is 4.04. The van der Waals surface area contributed by atoms with Gasteiger partial charge in [-0.3, -0.25) is 9.69 Å². The lowest BCUT2D eigenvalue weighted by atomic mass is 10.2. The molecule has 6 heteroatoms. The van der Waals surface area contributed by atoms with Crippen LogP contribution in [0.4, 0.5) is 5.82 Å². The second-order valence-corrected chi connectivity index (χ2v) is 6.27. The summed E-state index contributed by atoms with van der Waals surface area (Å²) in [7, 11) is 1.72. The summed E-state index contributed by atoms with van der Waals surface area (Å²) < 4.78 is 5.14. The lowest BCUT2D eigenvalue weighted by Crippen LogP contribution is -2.41. The average molecular weight is 320 g/mol. The van der Waals surface area contributed by atoms with Crippen LogP contribution in [0.3, 0.4) is 0 Å². The van der Waals surface area contributed by atoms with Crippen molar-refractivity contribution in [3.05, 3.63) is 23.9 Å². The molecule has 0 radical (unpaired) electrons. The highest BCUT2D eigenvalue weighted by Crippen LogP contribution is 2.16. The molecule has 6 nitrogen and oxygen atoms in total. The number of ether oxygens (including phenoxy) is 1. The highest BCUT2D eigenvalue weighted by atomic mass is 16.5. The van der Waals surface area contributed by atoms with E-state index in [1.54, 1.807) is 13.3 Å². The Morgan fingerprint density at radius 2 is 2.30 bits per heavy atom. The molecule has 2 heterocycles. The van der Waals surface area contributed by atoms with Gasteiger partial charge >= 0.3 is 0 Å². The first-order valence-corrected chi connectivity index (χ1v) is 8.34. The van der Waals surface area contributed by atoms with Crippen LogP contribution in [0, 0.1) is 0 Å². The zero-order valence-corrected chi connectivity index (χ0v) is 14.3. The molecule has 0 saturated carbocycles. The molecular formula is C17H28N4O2. The quantitative estimate of drug-likeness (QED) is 0.764. The minimum absolute atomic E-state index is 0.0628.